The Morgan fingerprint density at radius 2 is 1.72 bits per heavy atom. The number of rotatable bonds is 9. The van der Waals surface area contributed by atoms with Gasteiger partial charge in [0, 0.05) is 11.6 Å². The van der Waals surface area contributed by atoms with Crippen molar-refractivity contribution >= 4 is 39.8 Å². The number of methoxy groups -OCH3 is 2. The van der Waals surface area contributed by atoms with Crippen LogP contribution in [-0.2, 0) is 4.79 Å². The second-order valence-electron chi connectivity index (χ2n) is 8.53. The Morgan fingerprint density at radius 3 is 2.51 bits per heavy atom. The van der Waals surface area contributed by atoms with Gasteiger partial charge in [-0.15, -0.1) is 0 Å². The van der Waals surface area contributed by atoms with E-state index in [-0.39, 0.29) is 11.4 Å². The third kappa shape index (κ3) is 5.65. The van der Waals surface area contributed by atoms with Crippen molar-refractivity contribution in [3.05, 3.63) is 89.0 Å². The molecule has 2 heterocycles. The van der Waals surface area contributed by atoms with Gasteiger partial charge in [0.1, 0.15) is 29.8 Å². The number of carbonyl (C=O) groups excluding carboxylic acids is 1. The van der Waals surface area contributed by atoms with Crippen LogP contribution in [-0.4, -0.2) is 54.4 Å². The van der Waals surface area contributed by atoms with E-state index in [1.54, 1.807) is 44.6 Å². The molecule has 10 heteroatoms. The number of amidine groups is 2. The number of ether oxygens (including phenoxy) is 4. The Balaban J connectivity index is 1.28. The number of benzene rings is 3. The number of carbonyl (C=O) groups is 1. The van der Waals surface area contributed by atoms with E-state index in [2.05, 4.69) is 10.1 Å². The predicted molar refractivity (Wildman–Crippen MR) is 152 cm³/mol. The van der Waals surface area contributed by atoms with Gasteiger partial charge in [-0.05, 0) is 60.2 Å². The minimum absolute atomic E-state index is 0.0323. The number of hydrogen-bond donors (Lipinski definition) is 1. The van der Waals surface area contributed by atoms with Crippen LogP contribution in [0.4, 0.5) is 0 Å². The molecule has 198 valence electrons. The zero-order valence-electron chi connectivity index (χ0n) is 21.6. The first-order chi connectivity index (χ1) is 19.0. The van der Waals surface area contributed by atoms with Gasteiger partial charge in [-0.2, -0.15) is 15.1 Å². The molecule has 3 aromatic carbocycles. The quantitative estimate of drug-likeness (QED) is 0.295. The zero-order valence-corrected chi connectivity index (χ0v) is 22.5. The molecule has 5 rings (SSSR count). The number of nitrogens with zero attached hydrogens (tertiary/aromatic N) is 3. The van der Waals surface area contributed by atoms with E-state index in [0.717, 1.165) is 11.1 Å². The van der Waals surface area contributed by atoms with Crippen molar-refractivity contribution in [2.24, 2.45) is 10.1 Å². The summed E-state index contributed by atoms with van der Waals surface area (Å²) in [6.07, 6.45) is 1.61. The van der Waals surface area contributed by atoms with Crippen molar-refractivity contribution in [3.63, 3.8) is 0 Å². The van der Waals surface area contributed by atoms with Crippen LogP contribution in [0.25, 0.3) is 6.08 Å². The Labute approximate surface area is 230 Å². The number of aryl methyl sites for hydroxylation is 1. The van der Waals surface area contributed by atoms with Crippen LogP contribution in [0.3, 0.4) is 0 Å². The van der Waals surface area contributed by atoms with E-state index < -0.39 is 5.91 Å². The summed E-state index contributed by atoms with van der Waals surface area (Å²) in [5.74, 6) is 1.89. The van der Waals surface area contributed by atoms with Crippen LogP contribution < -0.4 is 18.9 Å². The Hall–Kier alpha value is -4.57. The van der Waals surface area contributed by atoms with E-state index in [0.29, 0.717) is 52.0 Å². The largest absolute Gasteiger partial charge is 0.497 e. The van der Waals surface area contributed by atoms with Crippen molar-refractivity contribution in [1.82, 2.24) is 5.01 Å². The van der Waals surface area contributed by atoms with Crippen molar-refractivity contribution in [1.29, 1.82) is 5.41 Å². The number of aliphatic imine (C=N–C) groups is 1. The SMILES string of the molecule is COc1cccc(OCCOc2ccc(C=C3C(=N)N4N=C(c5ccccc5C)SC4=NC3=O)cc2OC)c1. The van der Waals surface area contributed by atoms with Gasteiger partial charge in [0.25, 0.3) is 5.91 Å². The number of hydrazone groups is 1. The molecule has 1 amide bonds. The summed E-state index contributed by atoms with van der Waals surface area (Å²) in [7, 11) is 3.15. The molecular formula is C29H26N4O5S. The van der Waals surface area contributed by atoms with Crippen LogP contribution in [0.1, 0.15) is 16.7 Å². The minimum Gasteiger partial charge on any atom is -0.497 e. The van der Waals surface area contributed by atoms with Crippen molar-refractivity contribution in [3.8, 4) is 23.0 Å². The first-order valence-corrected chi connectivity index (χ1v) is 12.9. The number of fused-ring (bicyclic) bond motifs is 1. The second-order valence-corrected chi connectivity index (χ2v) is 9.48. The molecule has 0 radical (unpaired) electrons. The molecule has 1 N–H and O–H groups in total. The topological polar surface area (TPSA) is 106 Å². The summed E-state index contributed by atoms with van der Waals surface area (Å²) < 4.78 is 22.3. The third-order valence-corrected chi connectivity index (χ3v) is 6.92. The monoisotopic (exact) mass is 542 g/mol. The third-order valence-electron chi connectivity index (χ3n) is 5.98. The smallest absolute Gasteiger partial charge is 0.283 e. The molecule has 2 aliphatic heterocycles. The summed E-state index contributed by atoms with van der Waals surface area (Å²) in [5, 5.41) is 15.7. The maximum absolute atomic E-state index is 12.8. The molecule has 0 fully saturated rings. The van der Waals surface area contributed by atoms with Crippen LogP contribution in [0.15, 0.2) is 82.4 Å². The summed E-state index contributed by atoms with van der Waals surface area (Å²) in [4.78, 5) is 17.0. The fourth-order valence-electron chi connectivity index (χ4n) is 3.98. The number of thioether (sulfide) groups is 1. The fraction of sp³-hybridized carbons (Fsp3) is 0.172. The number of hydrogen-bond acceptors (Lipinski definition) is 8. The van der Waals surface area contributed by atoms with Gasteiger partial charge in [-0.1, -0.05) is 36.4 Å². The average Bonchev–Trinajstić information content (AvgIpc) is 3.38. The van der Waals surface area contributed by atoms with Crippen LogP contribution in [0, 0.1) is 12.3 Å². The van der Waals surface area contributed by atoms with E-state index in [9.17, 15) is 4.79 Å². The highest BCUT2D eigenvalue weighted by atomic mass is 32.2. The molecule has 9 nitrogen and oxygen atoms in total. The predicted octanol–water partition coefficient (Wildman–Crippen LogP) is 5.14. The van der Waals surface area contributed by atoms with Gasteiger partial charge < -0.3 is 18.9 Å². The van der Waals surface area contributed by atoms with E-state index in [1.165, 1.54) is 16.8 Å². The molecule has 0 aromatic heterocycles. The molecule has 0 saturated carbocycles. The second kappa shape index (κ2) is 11.4. The van der Waals surface area contributed by atoms with E-state index >= 15 is 0 Å². The lowest BCUT2D eigenvalue weighted by atomic mass is 10.1. The first-order valence-electron chi connectivity index (χ1n) is 12.1. The zero-order chi connectivity index (χ0) is 27.4. The standard InChI is InChI=1S/C29H26N4O5S/c1-18-7-4-5-10-22(18)28-32-33-26(30)23(27(34)31-29(33)39-28)15-19-11-12-24(25(16-19)36-3)38-14-13-37-21-9-6-8-20(17-21)35-2/h4-12,15-17,30H,13-14H2,1-3H3. The minimum atomic E-state index is -0.492. The summed E-state index contributed by atoms with van der Waals surface area (Å²) in [5.41, 5.74) is 2.80. The molecule has 0 spiro atoms. The summed E-state index contributed by atoms with van der Waals surface area (Å²) >= 11 is 1.28. The molecular weight excluding hydrogens is 516 g/mol. The fourth-order valence-corrected chi connectivity index (χ4v) is 4.96. The molecule has 3 aromatic rings. The Kier molecular flexibility index (Phi) is 7.64. The maximum Gasteiger partial charge on any atom is 0.283 e. The van der Waals surface area contributed by atoms with Gasteiger partial charge in [-0.25, -0.2) is 0 Å². The van der Waals surface area contributed by atoms with Crippen molar-refractivity contribution < 1.29 is 23.7 Å². The maximum atomic E-state index is 12.8. The average molecular weight is 543 g/mol. The van der Waals surface area contributed by atoms with Crippen molar-refractivity contribution in [2.75, 3.05) is 27.4 Å². The van der Waals surface area contributed by atoms with E-state index in [1.807, 2.05) is 49.4 Å². The highest BCUT2D eigenvalue weighted by Crippen LogP contribution is 2.33. The molecule has 0 aliphatic carbocycles. The molecule has 0 saturated heterocycles. The van der Waals surface area contributed by atoms with Gasteiger partial charge in [0.05, 0.1) is 19.8 Å². The Morgan fingerprint density at radius 1 is 0.923 bits per heavy atom. The molecule has 0 bridgehead atoms. The van der Waals surface area contributed by atoms with Crippen LogP contribution >= 0.6 is 11.8 Å². The normalized spacial score (nSPS) is 15.6. The summed E-state index contributed by atoms with van der Waals surface area (Å²) in [6.45, 7) is 2.61. The van der Waals surface area contributed by atoms with Gasteiger partial charge in [0.2, 0.25) is 5.17 Å². The molecule has 0 atom stereocenters. The first kappa shape index (κ1) is 26.1. The van der Waals surface area contributed by atoms with Crippen molar-refractivity contribution in [2.45, 2.75) is 6.92 Å². The highest BCUT2D eigenvalue weighted by molar-refractivity contribution is 8.27. The lowest BCUT2D eigenvalue weighted by Gasteiger charge is -2.20. The molecule has 2 aliphatic rings. The van der Waals surface area contributed by atoms with E-state index in [4.69, 9.17) is 24.4 Å². The number of amides is 1. The molecule has 0 unspecified atom stereocenters. The Bertz CT molecular complexity index is 1530. The highest BCUT2D eigenvalue weighted by Gasteiger charge is 2.36. The lowest BCUT2D eigenvalue weighted by molar-refractivity contribution is -0.114. The van der Waals surface area contributed by atoms with Gasteiger partial charge >= 0.3 is 0 Å². The van der Waals surface area contributed by atoms with Crippen LogP contribution in [0.5, 0.6) is 23.0 Å². The molecule has 39 heavy (non-hydrogen) atoms. The number of nitrogens with one attached hydrogen (secondary N) is 1. The van der Waals surface area contributed by atoms with Gasteiger partial charge in [-0.3, -0.25) is 10.2 Å². The summed E-state index contributed by atoms with van der Waals surface area (Å²) in [6, 6.07) is 20.5. The van der Waals surface area contributed by atoms with Gasteiger partial charge in [0.15, 0.2) is 17.3 Å². The lowest BCUT2D eigenvalue weighted by Crippen LogP contribution is -2.35. The van der Waals surface area contributed by atoms with Crippen LogP contribution in [0.2, 0.25) is 0 Å².